The van der Waals surface area contributed by atoms with Crippen molar-refractivity contribution in [3.63, 3.8) is 0 Å². The third-order valence-electron chi connectivity index (χ3n) is 6.03. The average molecular weight is 421 g/mol. The van der Waals surface area contributed by atoms with Gasteiger partial charge in [-0.1, -0.05) is 31.2 Å². The van der Waals surface area contributed by atoms with Gasteiger partial charge in [-0.2, -0.15) is 0 Å². The van der Waals surface area contributed by atoms with E-state index in [1.54, 1.807) is 36.3 Å². The summed E-state index contributed by atoms with van der Waals surface area (Å²) in [4.78, 5) is 27.6. The minimum Gasteiger partial charge on any atom is -0.507 e. The highest BCUT2D eigenvalue weighted by molar-refractivity contribution is 6.46. The monoisotopic (exact) mass is 421 g/mol. The van der Waals surface area contributed by atoms with E-state index in [1.807, 2.05) is 24.3 Å². The van der Waals surface area contributed by atoms with Crippen molar-refractivity contribution in [3.05, 3.63) is 70.8 Å². The quantitative estimate of drug-likeness (QED) is 0.436. The predicted molar refractivity (Wildman–Crippen MR) is 117 cm³/mol. The Morgan fingerprint density at radius 3 is 2.42 bits per heavy atom. The van der Waals surface area contributed by atoms with Gasteiger partial charge in [-0.15, -0.1) is 0 Å². The number of ether oxygens (including phenoxy) is 2. The first-order chi connectivity index (χ1) is 15.0. The predicted octanol–water partition coefficient (Wildman–Crippen LogP) is 3.86. The van der Waals surface area contributed by atoms with Crippen LogP contribution in [0.4, 0.5) is 0 Å². The molecule has 31 heavy (non-hydrogen) atoms. The standard InChI is InChI=1S/C25H27NO5/c1-3-16-6-8-17(9-7-16)22-21(23(27)18-10-12-19(30-2)13-11-18)24(28)25(29)26(22)15-20-5-4-14-31-20/h6-13,20,22,27H,3-5,14-15H2,1-2H3/b23-21+. The Bertz CT molecular complexity index is 988. The second-order valence-corrected chi connectivity index (χ2v) is 7.91. The molecule has 2 aromatic carbocycles. The van der Waals surface area contributed by atoms with Crippen molar-refractivity contribution in [2.24, 2.45) is 0 Å². The number of hydrogen-bond acceptors (Lipinski definition) is 5. The molecule has 6 heteroatoms. The summed E-state index contributed by atoms with van der Waals surface area (Å²) in [6, 6.07) is 14.0. The number of rotatable bonds is 6. The summed E-state index contributed by atoms with van der Waals surface area (Å²) in [5, 5.41) is 11.1. The SMILES string of the molecule is CCc1ccc(C2/C(=C(\O)c3ccc(OC)cc3)C(=O)C(=O)N2CC2CCCO2)cc1. The van der Waals surface area contributed by atoms with Crippen LogP contribution >= 0.6 is 0 Å². The molecule has 4 rings (SSSR count). The molecule has 2 saturated heterocycles. The van der Waals surface area contributed by atoms with E-state index in [0.29, 0.717) is 24.5 Å². The van der Waals surface area contributed by atoms with Gasteiger partial charge in [-0.3, -0.25) is 9.59 Å². The number of likely N-dealkylation sites (tertiary alicyclic amines) is 1. The van der Waals surface area contributed by atoms with E-state index in [0.717, 1.165) is 30.4 Å². The normalized spacial score (nSPS) is 22.8. The maximum Gasteiger partial charge on any atom is 0.295 e. The van der Waals surface area contributed by atoms with Crippen LogP contribution < -0.4 is 4.74 Å². The molecule has 2 heterocycles. The number of Topliss-reactive ketones (excluding diaryl/α,β-unsaturated/α-hetero) is 1. The van der Waals surface area contributed by atoms with Crippen LogP contribution in [0.3, 0.4) is 0 Å². The zero-order valence-electron chi connectivity index (χ0n) is 17.8. The number of amides is 1. The lowest BCUT2D eigenvalue weighted by Gasteiger charge is -2.27. The molecule has 0 aromatic heterocycles. The smallest absolute Gasteiger partial charge is 0.295 e. The van der Waals surface area contributed by atoms with E-state index in [2.05, 4.69) is 6.92 Å². The van der Waals surface area contributed by atoms with Crippen molar-refractivity contribution in [1.29, 1.82) is 0 Å². The van der Waals surface area contributed by atoms with Crippen LogP contribution in [0.25, 0.3) is 5.76 Å². The van der Waals surface area contributed by atoms with Gasteiger partial charge in [0.05, 0.1) is 24.8 Å². The first kappa shape index (κ1) is 21.1. The largest absolute Gasteiger partial charge is 0.507 e. The third kappa shape index (κ3) is 4.08. The second kappa shape index (κ2) is 8.94. The van der Waals surface area contributed by atoms with Crippen LogP contribution in [-0.4, -0.2) is 48.1 Å². The molecule has 0 saturated carbocycles. The number of methoxy groups -OCH3 is 1. The molecule has 0 spiro atoms. The molecule has 2 aromatic rings. The lowest BCUT2D eigenvalue weighted by molar-refractivity contribution is -0.140. The van der Waals surface area contributed by atoms with Crippen LogP contribution in [0.1, 0.15) is 42.5 Å². The van der Waals surface area contributed by atoms with E-state index in [-0.39, 0.29) is 17.4 Å². The zero-order chi connectivity index (χ0) is 22.0. The van der Waals surface area contributed by atoms with Crippen molar-refractivity contribution in [2.45, 2.75) is 38.3 Å². The number of nitrogens with zero attached hydrogens (tertiary/aromatic N) is 1. The van der Waals surface area contributed by atoms with Crippen molar-refractivity contribution in [2.75, 3.05) is 20.3 Å². The molecule has 1 amide bonds. The van der Waals surface area contributed by atoms with Crippen LogP contribution in [0.15, 0.2) is 54.1 Å². The van der Waals surface area contributed by atoms with Crippen molar-refractivity contribution in [3.8, 4) is 5.75 Å². The number of benzene rings is 2. The maximum atomic E-state index is 13.1. The summed E-state index contributed by atoms with van der Waals surface area (Å²) in [6.45, 7) is 3.06. The summed E-state index contributed by atoms with van der Waals surface area (Å²) in [5.74, 6) is -0.812. The summed E-state index contributed by atoms with van der Waals surface area (Å²) < 4.78 is 10.9. The van der Waals surface area contributed by atoms with Gasteiger partial charge in [0.15, 0.2) is 0 Å². The fraction of sp³-hybridized carbons (Fsp3) is 0.360. The first-order valence-electron chi connectivity index (χ1n) is 10.7. The Labute approximate surface area is 182 Å². The van der Waals surface area contributed by atoms with Gasteiger partial charge in [0.25, 0.3) is 11.7 Å². The lowest BCUT2D eigenvalue weighted by atomic mass is 9.94. The van der Waals surface area contributed by atoms with Crippen molar-refractivity contribution >= 4 is 17.4 Å². The highest BCUT2D eigenvalue weighted by Gasteiger charge is 2.47. The summed E-state index contributed by atoms with van der Waals surface area (Å²) in [7, 11) is 1.56. The molecule has 0 aliphatic carbocycles. The molecule has 2 atom stereocenters. The highest BCUT2D eigenvalue weighted by Crippen LogP contribution is 2.40. The Morgan fingerprint density at radius 2 is 1.84 bits per heavy atom. The lowest BCUT2D eigenvalue weighted by Crippen LogP contribution is -2.36. The topological polar surface area (TPSA) is 76.1 Å². The van der Waals surface area contributed by atoms with Gasteiger partial charge < -0.3 is 19.5 Å². The summed E-state index contributed by atoms with van der Waals surface area (Å²) in [5.41, 5.74) is 2.53. The number of carbonyl (C=O) groups is 2. The molecule has 0 radical (unpaired) electrons. The molecule has 1 N–H and O–H groups in total. The number of aliphatic hydroxyl groups excluding tert-OH is 1. The van der Waals surface area contributed by atoms with Crippen molar-refractivity contribution in [1.82, 2.24) is 4.90 Å². The van der Waals surface area contributed by atoms with E-state index >= 15 is 0 Å². The highest BCUT2D eigenvalue weighted by atomic mass is 16.5. The molecule has 0 bridgehead atoms. The molecule has 2 aliphatic rings. The fourth-order valence-electron chi connectivity index (χ4n) is 4.26. The first-order valence-corrected chi connectivity index (χ1v) is 10.7. The summed E-state index contributed by atoms with van der Waals surface area (Å²) >= 11 is 0. The van der Waals surface area contributed by atoms with E-state index < -0.39 is 17.7 Å². The van der Waals surface area contributed by atoms with Crippen LogP contribution in [-0.2, 0) is 20.7 Å². The molecule has 2 fully saturated rings. The molecule has 2 unspecified atom stereocenters. The Balaban J connectivity index is 1.79. The number of ketones is 1. The minimum atomic E-state index is -0.670. The van der Waals surface area contributed by atoms with Crippen LogP contribution in [0.2, 0.25) is 0 Å². The molecular formula is C25H27NO5. The number of aliphatic hydroxyl groups is 1. The van der Waals surface area contributed by atoms with Gasteiger partial charge in [-0.25, -0.2) is 0 Å². The molecule has 162 valence electrons. The number of hydrogen-bond donors (Lipinski definition) is 1. The average Bonchev–Trinajstić information content (AvgIpc) is 3.41. The van der Waals surface area contributed by atoms with Crippen molar-refractivity contribution < 1.29 is 24.2 Å². The molecule has 2 aliphatic heterocycles. The van der Waals surface area contributed by atoms with Gasteiger partial charge in [0.2, 0.25) is 0 Å². The van der Waals surface area contributed by atoms with Crippen LogP contribution in [0.5, 0.6) is 5.75 Å². The van der Waals surface area contributed by atoms with E-state index in [1.165, 1.54) is 0 Å². The molecule has 6 nitrogen and oxygen atoms in total. The maximum absolute atomic E-state index is 13.1. The molecular weight excluding hydrogens is 394 g/mol. The van der Waals surface area contributed by atoms with Gasteiger partial charge >= 0.3 is 0 Å². The van der Waals surface area contributed by atoms with E-state index in [9.17, 15) is 14.7 Å². The van der Waals surface area contributed by atoms with Gasteiger partial charge in [0.1, 0.15) is 11.5 Å². The summed E-state index contributed by atoms with van der Waals surface area (Å²) in [6.07, 6.45) is 2.58. The number of aryl methyl sites for hydroxylation is 1. The zero-order valence-corrected chi connectivity index (χ0v) is 17.8. The Hall–Kier alpha value is -3.12. The minimum absolute atomic E-state index is 0.100. The Kier molecular flexibility index (Phi) is 6.09. The fourth-order valence-corrected chi connectivity index (χ4v) is 4.26. The van der Waals surface area contributed by atoms with Gasteiger partial charge in [0, 0.05) is 18.7 Å². The second-order valence-electron chi connectivity index (χ2n) is 7.91. The van der Waals surface area contributed by atoms with Crippen LogP contribution in [0, 0.1) is 0 Å². The van der Waals surface area contributed by atoms with E-state index in [4.69, 9.17) is 9.47 Å². The van der Waals surface area contributed by atoms with Gasteiger partial charge in [-0.05, 0) is 54.7 Å². The Morgan fingerprint density at radius 1 is 1.13 bits per heavy atom. The third-order valence-corrected chi connectivity index (χ3v) is 6.03. The number of carbonyl (C=O) groups excluding carboxylic acids is 2.